The first-order valence-electron chi connectivity index (χ1n) is 7.58. The number of carbonyl (C=O) groups excluding carboxylic acids is 1. The average molecular weight is 287 g/mol. The molecule has 3 rings (SSSR count). The highest BCUT2D eigenvalue weighted by molar-refractivity contribution is 5.75. The molecule has 0 unspecified atom stereocenters. The Kier molecular flexibility index (Phi) is 3.82. The van der Waals surface area contributed by atoms with Crippen molar-refractivity contribution in [3.8, 4) is 0 Å². The number of amides is 1. The Morgan fingerprint density at radius 3 is 2.71 bits per heavy atom. The number of para-hydroxylation sites is 2. The second-order valence-corrected chi connectivity index (χ2v) is 5.98. The van der Waals surface area contributed by atoms with Crippen LogP contribution in [0.3, 0.4) is 0 Å². The predicted octanol–water partition coefficient (Wildman–Crippen LogP) is 2.02. The van der Waals surface area contributed by atoms with Crippen molar-refractivity contribution in [2.24, 2.45) is 5.92 Å². The van der Waals surface area contributed by atoms with Crippen LogP contribution in [0.2, 0.25) is 0 Å². The van der Waals surface area contributed by atoms with Gasteiger partial charge in [0.15, 0.2) is 0 Å². The summed E-state index contributed by atoms with van der Waals surface area (Å²) in [6.07, 6.45) is 4.11. The van der Waals surface area contributed by atoms with Crippen molar-refractivity contribution >= 4 is 16.9 Å². The molecule has 1 aliphatic rings. The topological polar surface area (TPSA) is 66.9 Å². The number of nitrogens with zero attached hydrogens (tertiary/aromatic N) is 1. The summed E-state index contributed by atoms with van der Waals surface area (Å²) < 4.78 is 1.85. The van der Waals surface area contributed by atoms with Crippen LogP contribution in [0.5, 0.6) is 0 Å². The van der Waals surface area contributed by atoms with Crippen molar-refractivity contribution in [3.63, 3.8) is 0 Å². The van der Waals surface area contributed by atoms with E-state index >= 15 is 0 Å². The number of fused-ring (bicyclic) bond motifs is 1. The van der Waals surface area contributed by atoms with Gasteiger partial charge in [0.1, 0.15) is 0 Å². The average Bonchev–Trinajstić information content (AvgIpc) is 2.77. The lowest BCUT2D eigenvalue weighted by Gasteiger charge is -2.28. The molecular weight excluding hydrogens is 266 g/mol. The molecule has 1 fully saturated rings. The third-order valence-corrected chi connectivity index (χ3v) is 4.38. The van der Waals surface area contributed by atoms with Gasteiger partial charge in [0.25, 0.3) is 0 Å². The van der Waals surface area contributed by atoms with E-state index in [4.69, 9.17) is 0 Å². The summed E-state index contributed by atoms with van der Waals surface area (Å²) in [5, 5.41) is 2.99. The first-order chi connectivity index (χ1) is 10.1. The molecule has 5 nitrogen and oxygen atoms in total. The van der Waals surface area contributed by atoms with E-state index in [0.717, 1.165) is 43.3 Å². The first-order valence-corrected chi connectivity index (χ1v) is 7.58. The van der Waals surface area contributed by atoms with Crippen molar-refractivity contribution in [2.45, 2.75) is 45.2 Å². The van der Waals surface area contributed by atoms with Crippen LogP contribution in [-0.4, -0.2) is 21.5 Å². The van der Waals surface area contributed by atoms with Gasteiger partial charge in [-0.25, -0.2) is 4.79 Å². The molecule has 112 valence electrons. The summed E-state index contributed by atoms with van der Waals surface area (Å²) in [7, 11) is 0. The van der Waals surface area contributed by atoms with Gasteiger partial charge in [-0.1, -0.05) is 12.1 Å². The fourth-order valence-corrected chi connectivity index (χ4v) is 3.32. The number of hydrogen-bond donors (Lipinski definition) is 2. The minimum atomic E-state index is -0.0276. The second-order valence-electron chi connectivity index (χ2n) is 5.98. The molecule has 0 saturated heterocycles. The Hall–Kier alpha value is -2.04. The van der Waals surface area contributed by atoms with Crippen molar-refractivity contribution in [1.29, 1.82) is 0 Å². The maximum absolute atomic E-state index is 12.1. The zero-order chi connectivity index (χ0) is 14.8. The highest BCUT2D eigenvalue weighted by atomic mass is 16.1. The molecule has 1 saturated carbocycles. The van der Waals surface area contributed by atoms with Crippen molar-refractivity contribution in [2.75, 3.05) is 0 Å². The summed E-state index contributed by atoms with van der Waals surface area (Å²) in [5.74, 6) is 0.554. The highest BCUT2D eigenvalue weighted by Gasteiger charge is 2.22. The zero-order valence-electron chi connectivity index (χ0n) is 12.3. The lowest BCUT2D eigenvalue weighted by atomic mass is 9.86. The molecule has 0 bridgehead atoms. The number of benzene rings is 1. The van der Waals surface area contributed by atoms with Crippen LogP contribution in [0.15, 0.2) is 29.1 Å². The van der Waals surface area contributed by atoms with E-state index in [2.05, 4.69) is 10.3 Å². The Bertz CT molecular complexity index is 693. The van der Waals surface area contributed by atoms with Crippen LogP contribution in [0, 0.1) is 5.92 Å². The monoisotopic (exact) mass is 287 g/mol. The van der Waals surface area contributed by atoms with E-state index in [0.29, 0.717) is 12.0 Å². The van der Waals surface area contributed by atoms with Crippen LogP contribution in [0.1, 0.15) is 32.6 Å². The molecule has 1 aromatic heterocycles. The predicted molar refractivity (Wildman–Crippen MR) is 82.1 cm³/mol. The summed E-state index contributed by atoms with van der Waals surface area (Å²) in [6, 6.07) is 8.11. The van der Waals surface area contributed by atoms with Crippen LogP contribution >= 0.6 is 0 Å². The number of carbonyl (C=O) groups is 1. The Morgan fingerprint density at radius 2 is 2.00 bits per heavy atom. The smallest absolute Gasteiger partial charge is 0.326 e. The van der Waals surface area contributed by atoms with Gasteiger partial charge in [0.05, 0.1) is 11.0 Å². The van der Waals surface area contributed by atoms with Crippen molar-refractivity contribution in [1.82, 2.24) is 14.9 Å². The SMILES string of the molecule is CC(=O)N[C@H]1CC[C@H](Cn2c(=O)[nH]c3ccccc32)CC1. The van der Waals surface area contributed by atoms with E-state index < -0.39 is 0 Å². The molecule has 0 aliphatic heterocycles. The number of rotatable bonds is 3. The molecule has 2 aromatic rings. The van der Waals surface area contributed by atoms with Gasteiger partial charge in [0, 0.05) is 19.5 Å². The molecule has 1 aromatic carbocycles. The molecule has 0 atom stereocenters. The maximum atomic E-state index is 12.1. The first kappa shape index (κ1) is 13.9. The van der Waals surface area contributed by atoms with Crippen molar-refractivity contribution < 1.29 is 4.79 Å². The molecule has 1 heterocycles. The second kappa shape index (κ2) is 5.76. The van der Waals surface area contributed by atoms with Crippen molar-refractivity contribution in [3.05, 3.63) is 34.7 Å². The molecule has 0 radical (unpaired) electrons. The largest absolute Gasteiger partial charge is 0.354 e. The van der Waals surface area contributed by atoms with Crippen LogP contribution < -0.4 is 11.0 Å². The Morgan fingerprint density at radius 1 is 1.29 bits per heavy atom. The number of nitrogens with one attached hydrogen (secondary N) is 2. The fourth-order valence-electron chi connectivity index (χ4n) is 3.32. The van der Waals surface area contributed by atoms with E-state index in [1.165, 1.54) is 0 Å². The van der Waals surface area contributed by atoms with Gasteiger partial charge in [0.2, 0.25) is 5.91 Å². The zero-order valence-corrected chi connectivity index (χ0v) is 12.3. The molecule has 0 spiro atoms. The van der Waals surface area contributed by atoms with E-state index in [9.17, 15) is 9.59 Å². The number of H-pyrrole nitrogens is 1. The summed E-state index contributed by atoms with van der Waals surface area (Å²) >= 11 is 0. The molecule has 1 aliphatic carbocycles. The highest BCUT2D eigenvalue weighted by Crippen LogP contribution is 2.26. The van der Waals surface area contributed by atoms with Gasteiger partial charge < -0.3 is 10.3 Å². The number of hydrogen-bond acceptors (Lipinski definition) is 2. The lowest BCUT2D eigenvalue weighted by Crippen LogP contribution is -2.37. The maximum Gasteiger partial charge on any atom is 0.326 e. The number of aromatic nitrogens is 2. The van der Waals surface area contributed by atoms with Gasteiger partial charge in [-0.15, -0.1) is 0 Å². The summed E-state index contributed by atoms with van der Waals surface area (Å²) in [6.45, 7) is 2.33. The van der Waals surface area contributed by atoms with Crippen LogP contribution in [0.25, 0.3) is 11.0 Å². The molecule has 5 heteroatoms. The van der Waals surface area contributed by atoms with E-state index in [1.807, 2.05) is 28.8 Å². The van der Waals surface area contributed by atoms with Crippen LogP contribution in [0.4, 0.5) is 0 Å². The molecule has 1 amide bonds. The van der Waals surface area contributed by atoms with E-state index in [1.54, 1.807) is 6.92 Å². The molecule has 21 heavy (non-hydrogen) atoms. The summed E-state index contributed by atoms with van der Waals surface area (Å²) in [4.78, 5) is 26.1. The van der Waals surface area contributed by atoms with Gasteiger partial charge >= 0.3 is 5.69 Å². The van der Waals surface area contributed by atoms with Gasteiger partial charge in [-0.05, 0) is 43.7 Å². The van der Waals surface area contributed by atoms with Gasteiger partial charge in [-0.2, -0.15) is 0 Å². The van der Waals surface area contributed by atoms with E-state index in [-0.39, 0.29) is 11.6 Å². The standard InChI is InChI=1S/C16H21N3O2/c1-11(20)17-13-8-6-12(7-9-13)10-19-15-5-3-2-4-14(15)18-16(19)21/h2-5,12-13H,6-10H2,1H3,(H,17,20)(H,18,21)/t12-,13-. The third-order valence-electron chi connectivity index (χ3n) is 4.38. The number of imidazole rings is 1. The normalized spacial score (nSPS) is 22.3. The minimum Gasteiger partial charge on any atom is -0.354 e. The van der Waals surface area contributed by atoms with Gasteiger partial charge in [-0.3, -0.25) is 9.36 Å². The molecular formula is C16H21N3O2. The quantitative estimate of drug-likeness (QED) is 0.907. The van der Waals surface area contributed by atoms with Crippen LogP contribution in [-0.2, 0) is 11.3 Å². The fraction of sp³-hybridized carbons (Fsp3) is 0.500. The minimum absolute atomic E-state index is 0.0276. The Balaban J connectivity index is 1.68. The summed E-state index contributed by atoms with van der Waals surface area (Å²) in [5.41, 5.74) is 1.85. The number of aromatic amines is 1. The molecule has 2 N–H and O–H groups in total. The lowest BCUT2D eigenvalue weighted by molar-refractivity contribution is -0.119. The third kappa shape index (κ3) is 3.01. The Labute approximate surface area is 123 Å².